The molecule has 4 bridgehead atoms. The highest BCUT2D eigenvalue weighted by Crippen LogP contribution is 2.34. The Balaban J connectivity index is 1.86. The Morgan fingerprint density at radius 1 is 0.980 bits per heavy atom. The number of aliphatic hydroxyl groups excluding tert-OH is 3. The topological polar surface area (TPSA) is 157 Å². The lowest BCUT2D eigenvalue weighted by Gasteiger charge is -2.26. The van der Waals surface area contributed by atoms with Gasteiger partial charge < -0.3 is 29.5 Å². The summed E-state index contributed by atoms with van der Waals surface area (Å²) in [6, 6.07) is 0. The maximum atomic E-state index is 13.4. The summed E-state index contributed by atoms with van der Waals surface area (Å²) in [6.07, 6.45) is 3.63. The summed E-state index contributed by atoms with van der Waals surface area (Å²) < 4.78 is 18.3. The van der Waals surface area contributed by atoms with Crippen LogP contribution in [0.1, 0.15) is 106 Å². The first-order valence-electron chi connectivity index (χ1n) is 18.6. The molecule has 0 aromatic heterocycles. The van der Waals surface area contributed by atoms with Gasteiger partial charge in [0.2, 0.25) is 0 Å². The number of rotatable bonds is 7. The number of carbonyl (C=O) groups excluding carboxylic acids is 4. The first kappa shape index (κ1) is 42.4. The minimum atomic E-state index is -1.37. The Hall–Kier alpha value is -3.02. The van der Waals surface area contributed by atoms with Crippen LogP contribution in [0, 0.1) is 17.8 Å². The zero-order valence-corrected chi connectivity index (χ0v) is 31.3. The summed E-state index contributed by atoms with van der Waals surface area (Å²) in [6.45, 7) is 18.7. The summed E-state index contributed by atoms with van der Waals surface area (Å²) in [5, 5.41) is 32.9. The molecule has 3 aliphatic heterocycles. The lowest BCUT2D eigenvalue weighted by Crippen LogP contribution is -2.38. The van der Waals surface area contributed by atoms with Crippen molar-refractivity contribution in [3.05, 3.63) is 59.8 Å². The van der Waals surface area contributed by atoms with Gasteiger partial charge in [-0.15, -0.1) is 0 Å². The quantitative estimate of drug-likeness (QED) is 0.172. The molecule has 11 atom stereocenters. The molecule has 3 heterocycles. The van der Waals surface area contributed by atoms with E-state index in [9.17, 15) is 34.5 Å². The molecular weight excluding hydrogens is 652 g/mol. The van der Waals surface area contributed by atoms with Crippen molar-refractivity contribution in [2.45, 2.75) is 155 Å². The van der Waals surface area contributed by atoms with Crippen LogP contribution >= 0.6 is 0 Å². The smallest absolute Gasteiger partial charge is 0.309 e. The molecule has 2 saturated heterocycles. The highest BCUT2D eigenvalue weighted by molar-refractivity contribution is 6.07. The van der Waals surface area contributed by atoms with E-state index in [0.29, 0.717) is 42.4 Å². The number of hydrogen-bond donors (Lipinski definition) is 3. The van der Waals surface area contributed by atoms with Crippen molar-refractivity contribution in [2.75, 3.05) is 0 Å². The van der Waals surface area contributed by atoms with Gasteiger partial charge in [0.05, 0.1) is 36.9 Å². The van der Waals surface area contributed by atoms with Gasteiger partial charge in [0.25, 0.3) is 0 Å². The Bertz CT molecular complexity index is 1370. The number of fused-ring (bicyclic) bond motifs is 4. The van der Waals surface area contributed by atoms with Gasteiger partial charge in [-0.2, -0.15) is 0 Å². The van der Waals surface area contributed by atoms with Crippen LogP contribution < -0.4 is 0 Å². The van der Waals surface area contributed by atoms with Crippen molar-refractivity contribution in [3.8, 4) is 0 Å². The molecule has 2 fully saturated rings. The van der Waals surface area contributed by atoms with E-state index in [1.54, 1.807) is 52.0 Å². The number of hydrogen-bond acceptors (Lipinski definition) is 10. The monoisotopic (exact) mass is 712 g/mol. The van der Waals surface area contributed by atoms with Gasteiger partial charge in [0.15, 0.2) is 5.78 Å². The largest absolute Gasteiger partial charge is 0.455 e. The second kappa shape index (κ2) is 19.7. The number of aliphatic hydroxyl groups is 3. The van der Waals surface area contributed by atoms with E-state index in [1.165, 1.54) is 0 Å². The fourth-order valence-electron chi connectivity index (χ4n) is 6.91. The van der Waals surface area contributed by atoms with Crippen LogP contribution in [0.3, 0.4) is 0 Å². The molecule has 0 aromatic rings. The Morgan fingerprint density at radius 2 is 1.69 bits per heavy atom. The van der Waals surface area contributed by atoms with E-state index in [-0.39, 0.29) is 54.5 Å². The average Bonchev–Trinajstić information content (AvgIpc) is 3.70. The van der Waals surface area contributed by atoms with E-state index in [2.05, 4.69) is 20.1 Å². The first-order chi connectivity index (χ1) is 24.0. The van der Waals surface area contributed by atoms with Crippen LogP contribution in [-0.4, -0.2) is 87.5 Å². The molecule has 0 aromatic carbocycles. The van der Waals surface area contributed by atoms with E-state index >= 15 is 0 Å². The van der Waals surface area contributed by atoms with Crippen molar-refractivity contribution in [1.29, 1.82) is 0 Å². The molecule has 10 nitrogen and oxygen atoms in total. The molecule has 11 unspecified atom stereocenters. The molecular formula is C41H60O10. The first-order valence-corrected chi connectivity index (χ1v) is 18.6. The number of Topliss-reactive ketones (excluding diaryl/α,β-unsaturated/α-hetero) is 3. The molecule has 3 rings (SSSR count). The molecule has 284 valence electrons. The minimum absolute atomic E-state index is 0.0148. The molecule has 0 spiro atoms. The van der Waals surface area contributed by atoms with Gasteiger partial charge in [-0.1, -0.05) is 71.1 Å². The van der Waals surface area contributed by atoms with Gasteiger partial charge in [-0.05, 0) is 74.7 Å². The van der Waals surface area contributed by atoms with Crippen LogP contribution in [0.15, 0.2) is 59.8 Å². The van der Waals surface area contributed by atoms with Gasteiger partial charge in [0, 0.05) is 31.1 Å². The normalized spacial score (nSPS) is 35.5. The molecule has 3 aliphatic rings. The van der Waals surface area contributed by atoms with Crippen molar-refractivity contribution in [1.82, 2.24) is 0 Å². The predicted molar refractivity (Wildman–Crippen MR) is 195 cm³/mol. The standard InChI is InChI=1S/C41H60O10/c1-9-10-12-23(2)39(46)24(3)13-11-14-34-35-16-15-31(49-35)20-30(42)18-26(5)32(43)21-33(44)29(8)25(4)17-28(7)40(47)41(48)37-19-27(6)36(50-37)22-38(45)51-34/h11,13-14,17,26-27,29,31,33-37,40-41,44,47-48H,2,7,9-10,12,15-16,18-22H2,1,3-6,8H3. The van der Waals surface area contributed by atoms with Crippen molar-refractivity contribution in [3.63, 3.8) is 0 Å². The summed E-state index contributed by atoms with van der Waals surface area (Å²) in [7, 11) is 0. The molecule has 51 heavy (non-hydrogen) atoms. The van der Waals surface area contributed by atoms with E-state index in [0.717, 1.165) is 12.8 Å². The SMILES string of the molecule is C=C(CCCC)C(=O)C(C)=CC=CC1OC(=O)CC2OC(CC2C)C(O)C(O)C(=C)C=C(C)C(C)C(O)CC(=O)C(C)CC(=O)CC2CCC1O2. The number of unbranched alkanes of at least 4 members (excludes halogenated alkanes) is 1. The van der Waals surface area contributed by atoms with E-state index in [4.69, 9.17) is 14.2 Å². The molecule has 0 amide bonds. The summed E-state index contributed by atoms with van der Waals surface area (Å²) in [5.41, 5.74) is 1.94. The summed E-state index contributed by atoms with van der Waals surface area (Å²) in [5.74, 6) is -2.20. The lowest BCUT2D eigenvalue weighted by molar-refractivity contribution is -0.158. The number of cyclic esters (lactones) is 1. The van der Waals surface area contributed by atoms with Gasteiger partial charge in [-0.25, -0.2) is 0 Å². The Kier molecular flexibility index (Phi) is 16.4. The fraction of sp³-hybridized carbons (Fsp3) is 0.659. The van der Waals surface area contributed by atoms with Crippen LogP contribution in [0.5, 0.6) is 0 Å². The fourth-order valence-corrected chi connectivity index (χ4v) is 6.91. The van der Waals surface area contributed by atoms with Crippen LogP contribution in [0.25, 0.3) is 0 Å². The maximum absolute atomic E-state index is 13.4. The minimum Gasteiger partial charge on any atom is -0.455 e. The zero-order chi connectivity index (χ0) is 38.0. The second-order valence-electron chi connectivity index (χ2n) is 15.0. The number of esters is 1. The molecule has 10 heteroatoms. The van der Waals surface area contributed by atoms with Crippen molar-refractivity contribution in [2.24, 2.45) is 17.8 Å². The number of ether oxygens (including phenoxy) is 3. The Morgan fingerprint density at radius 3 is 2.37 bits per heavy atom. The summed E-state index contributed by atoms with van der Waals surface area (Å²) in [4.78, 5) is 52.2. The maximum Gasteiger partial charge on any atom is 0.309 e. The lowest BCUT2D eigenvalue weighted by atomic mass is 9.87. The third kappa shape index (κ3) is 12.3. The second-order valence-corrected chi connectivity index (χ2v) is 15.0. The highest BCUT2D eigenvalue weighted by Gasteiger charge is 2.41. The van der Waals surface area contributed by atoms with Gasteiger partial charge in [-0.3, -0.25) is 19.2 Å². The van der Waals surface area contributed by atoms with E-state index < -0.39 is 66.6 Å². The zero-order valence-electron chi connectivity index (χ0n) is 31.3. The highest BCUT2D eigenvalue weighted by atomic mass is 16.6. The summed E-state index contributed by atoms with van der Waals surface area (Å²) >= 11 is 0. The number of allylic oxidation sites excluding steroid dienone is 4. The third-order valence-electron chi connectivity index (χ3n) is 10.6. The third-order valence-corrected chi connectivity index (χ3v) is 10.6. The Labute approximate surface area is 303 Å². The van der Waals surface area contributed by atoms with Crippen LogP contribution in [-0.2, 0) is 33.4 Å². The van der Waals surface area contributed by atoms with Crippen molar-refractivity contribution >= 4 is 23.3 Å². The average molecular weight is 713 g/mol. The van der Waals surface area contributed by atoms with Crippen LogP contribution in [0.4, 0.5) is 0 Å². The van der Waals surface area contributed by atoms with Crippen molar-refractivity contribution < 1.29 is 48.7 Å². The molecule has 0 radical (unpaired) electrons. The predicted octanol–water partition coefficient (Wildman–Crippen LogP) is 5.63. The number of carbonyl (C=O) groups is 4. The number of ketones is 3. The van der Waals surface area contributed by atoms with Gasteiger partial charge in [0.1, 0.15) is 29.9 Å². The van der Waals surface area contributed by atoms with Gasteiger partial charge >= 0.3 is 5.97 Å². The molecule has 0 saturated carbocycles. The molecule has 0 aliphatic carbocycles. The molecule has 3 N–H and O–H groups in total. The van der Waals surface area contributed by atoms with Crippen LogP contribution in [0.2, 0.25) is 0 Å². The van der Waals surface area contributed by atoms with E-state index in [1.807, 2.05) is 6.92 Å².